The minimum Gasteiger partial charge on any atom is -0.465 e. The first-order valence-electron chi connectivity index (χ1n) is 8.35. The Morgan fingerprint density at radius 1 is 1.21 bits per heavy atom. The molecule has 2 amide bonds. The van der Waals surface area contributed by atoms with Gasteiger partial charge in [0.2, 0.25) is 16.9 Å². The Bertz CT molecular complexity index is 997. The van der Waals surface area contributed by atoms with Gasteiger partial charge in [-0.25, -0.2) is 0 Å². The van der Waals surface area contributed by atoms with Crippen LogP contribution >= 0.6 is 23.1 Å². The standard InChI is InChI=1S/C19H18N4O3S2/c1-12-5-7-15(13(2)10-12)20-17(25)11-27-19-23-22-18(28-19)21-16(24)8-6-14-4-3-9-26-14/h3-10H,11H2,1-2H3,(H,20,25)(H,21,22,24)/b8-6+. The molecule has 0 atom stereocenters. The summed E-state index contributed by atoms with van der Waals surface area (Å²) in [6, 6.07) is 9.34. The topological polar surface area (TPSA) is 97.1 Å². The van der Waals surface area contributed by atoms with Crippen molar-refractivity contribution in [3.8, 4) is 0 Å². The van der Waals surface area contributed by atoms with Crippen LogP contribution in [0.25, 0.3) is 6.08 Å². The van der Waals surface area contributed by atoms with Gasteiger partial charge in [-0.1, -0.05) is 40.8 Å². The molecule has 28 heavy (non-hydrogen) atoms. The number of nitrogens with one attached hydrogen (secondary N) is 2. The van der Waals surface area contributed by atoms with Crippen molar-refractivity contribution in [3.05, 3.63) is 59.6 Å². The summed E-state index contributed by atoms with van der Waals surface area (Å²) >= 11 is 2.47. The predicted molar refractivity (Wildman–Crippen MR) is 112 cm³/mol. The minimum absolute atomic E-state index is 0.126. The van der Waals surface area contributed by atoms with Crippen molar-refractivity contribution in [2.45, 2.75) is 18.2 Å². The molecule has 0 aliphatic carbocycles. The van der Waals surface area contributed by atoms with Crippen LogP contribution in [0.4, 0.5) is 10.8 Å². The number of aryl methyl sites for hydroxylation is 2. The zero-order valence-electron chi connectivity index (χ0n) is 15.3. The van der Waals surface area contributed by atoms with Crippen LogP contribution in [0, 0.1) is 13.8 Å². The summed E-state index contributed by atoms with van der Waals surface area (Å²) in [5.74, 6) is 0.322. The molecular formula is C19H18N4O3S2. The number of hydrogen-bond donors (Lipinski definition) is 2. The third-order valence-corrected chi connectivity index (χ3v) is 5.53. The summed E-state index contributed by atoms with van der Waals surface area (Å²) in [4.78, 5) is 24.0. The molecule has 2 N–H and O–H groups in total. The lowest BCUT2D eigenvalue weighted by atomic mass is 10.1. The maximum atomic E-state index is 12.1. The number of aromatic nitrogens is 2. The number of rotatable bonds is 7. The van der Waals surface area contributed by atoms with Crippen LogP contribution in [-0.2, 0) is 9.59 Å². The highest BCUT2D eigenvalue weighted by Crippen LogP contribution is 2.26. The third-order valence-electron chi connectivity index (χ3n) is 3.56. The van der Waals surface area contributed by atoms with Gasteiger partial charge in [0, 0.05) is 11.8 Å². The molecule has 144 valence electrons. The average Bonchev–Trinajstić information content (AvgIpc) is 3.32. The fraction of sp³-hybridized carbons (Fsp3) is 0.158. The second-order valence-electron chi connectivity index (χ2n) is 5.87. The molecule has 0 aliphatic rings. The highest BCUT2D eigenvalue weighted by atomic mass is 32.2. The summed E-state index contributed by atoms with van der Waals surface area (Å²) in [5, 5.41) is 13.8. The molecule has 0 radical (unpaired) electrons. The smallest absolute Gasteiger partial charge is 0.250 e. The normalized spacial score (nSPS) is 10.9. The Kier molecular flexibility index (Phi) is 6.62. The Balaban J connectivity index is 1.47. The molecule has 0 saturated heterocycles. The van der Waals surface area contributed by atoms with E-state index in [2.05, 4.69) is 20.8 Å². The average molecular weight is 415 g/mol. The Labute approximate surface area is 170 Å². The first-order valence-corrected chi connectivity index (χ1v) is 10.2. The zero-order chi connectivity index (χ0) is 19.9. The van der Waals surface area contributed by atoms with E-state index in [0.717, 1.165) is 16.8 Å². The number of carbonyl (C=O) groups excluding carboxylic acids is 2. The number of carbonyl (C=O) groups is 2. The molecule has 7 nitrogen and oxygen atoms in total. The van der Waals surface area contributed by atoms with Crippen LogP contribution in [0.5, 0.6) is 0 Å². The summed E-state index contributed by atoms with van der Waals surface area (Å²) in [7, 11) is 0. The van der Waals surface area contributed by atoms with Crippen molar-refractivity contribution in [3.63, 3.8) is 0 Å². The van der Waals surface area contributed by atoms with Crippen molar-refractivity contribution in [1.29, 1.82) is 0 Å². The SMILES string of the molecule is Cc1ccc(NC(=O)CSc2nnc(NC(=O)/C=C/c3ccco3)s2)c(C)c1. The maximum Gasteiger partial charge on any atom is 0.250 e. The van der Waals surface area contributed by atoms with Gasteiger partial charge in [0.1, 0.15) is 5.76 Å². The summed E-state index contributed by atoms with van der Waals surface area (Å²) < 4.78 is 5.71. The van der Waals surface area contributed by atoms with Crippen molar-refractivity contribution in [1.82, 2.24) is 10.2 Å². The van der Waals surface area contributed by atoms with Gasteiger partial charge >= 0.3 is 0 Å². The predicted octanol–water partition coefficient (Wildman–Crippen LogP) is 4.13. The van der Waals surface area contributed by atoms with Crippen molar-refractivity contribution >= 4 is 51.8 Å². The first-order chi connectivity index (χ1) is 13.5. The number of anilines is 2. The Morgan fingerprint density at radius 3 is 2.82 bits per heavy atom. The van der Waals surface area contributed by atoms with Gasteiger partial charge in [0.05, 0.1) is 12.0 Å². The quantitative estimate of drug-likeness (QED) is 0.343. The Morgan fingerprint density at radius 2 is 2.07 bits per heavy atom. The van der Waals surface area contributed by atoms with Crippen molar-refractivity contribution in [2.24, 2.45) is 0 Å². The van der Waals surface area contributed by atoms with Gasteiger partial charge in [0.25, 0.3) is 0 Å². The highest BCUT2D eigenvalue weighted by molar-refractivity contribution is 8.01. The van der Waals surface area contributed by atoms with E-state index >= 15 is 0 Å². The molecule has 2 heterocycles. The van der Waals surface area contributed by atoms with Crippen LogP contribution in [-0.4, -0.2) is 27.8 Å². The monoisotopic (exact) mass is 414 g/mol. The second-order valence-corrected chi connectivity index (χ2v) is 8.07. The maximum absolute atomic E-state index is 12.1. The number of amides is 2. The lowest BCUT2D eigenvalue weighted by Gasteiger charge is -2.08. The lowest BCUT2D eigenvalue weighted by Crippen LogP contribution is -2.14. The van der Waals surface area contributed by atoms with Crippen LogP contribution in [0.1, 0.15) is 16.9 Å². The summed E-state index contributed by atoms with van der Waals surface area (Å²) in [6.45, 7) is 3.96. The van der Waals surface area contributed by atoms with Gasteiger partial charge in [0.15, 0.2) is 4.34 Å². The molecule has 0 fully saturated rings. The summed E-state index contributed by atoms with van der Waals surface area (Å²) in [5.41, 5.74) is 2.96. The number of hydrogen-bond acceptors (Lipinski definition) is 7. The van der Waals surface area contributed by atoms with Gasteiger partial charge < -0.3 is 9.73 Å². The van der Waals surface area contributed by atoms with E-state index in [-0.39, 0.29) is 17.6 Å². The van der Waals surface area contributed by atoms with E-state index in [1.54, 1.807) is 18.2 Å². The Hall–Kier alpha value is -2.91. The van der Waals surface area contributed by atoms with Crippen molar-refractivity contribution < 1.29 is 14.0 Å². The molecular weight excluding hydrogens is 396 g/mol. The van der Waals surface area contributed by atoms with Crippen LogP contribution < -0.4 is 10.6 Å². The molecule has 9 heteroatoms. The number of nitrogens with zero attached hydrogens (tertiary/aromatic N) is 2. The van der Waals surface area contributed by atoms with E-state index in [0.29, 0.717) is 15.2 Å². The third kappa shape index (κ3) is 5.80. The van der Waals surface area contributed by atoms with Gasteiger partial charge in [-0.15, -0.1) is 10.2 Å². The van der Waals surface area contributed by atoms with Crippen LogP contribution in [0.15, 0.2) is 51.4 Å². The largest absolute Gasteiger partial charge is 0.465 e. The molecule has 0 spiro atoms. The zero-order valence-corrected chi connectivity index (χ0v) is 16.9. The molecule has 3 aromatic rings. The van der Waals surface area contributed by atoms with Crippen LogP contribution in [0.3, 0.4) is 0 Å². The van der Waals surface area contributed by atoms with E-state index in [1.807, 2.05) is 32.0 Å². The second kappa shape index (κ2) is 9.34. The fourth-order valence-corrected chi connectivity index (χ4v) is 3.83. The van der Waals surface area contributed by atoms with E-state index < -0.39 is 0 Å². The van der Waals surface area contributed by atoms with E-state index in [9.17, 15) is 9.59 Å². The molecule has 0 aliphatic heterocycles. The molecule has 0 unspecified atom stereocenters. The number of thioether (sulfide) groups is 1. The molecule has 2 aromatic heterocycles. The van der Waals surface area contributed by atoms with Gasteiger partial charge in [-0.05, 0) is 43.7 Å². The first kappa shape index (κ1) is 19.8. The van der Waals surface area contributed by atoms with Crippen LogP contribution in [0.2, 0.25) is 0 Å². The molecule has 0 bridgehead atoms. The molecule has 3 rings (SSSR count). The fourth-order valence-electron chi connectivity index (χ4n) is 2.28. The number of furan rings is 1. The van der Waals surface area contributed by atoms with E-state index in [1.165, 1.54) is 35.4 Å². The lowest BCUT2D eigenvalue weighted by molar-refractivity contribution is -0.114. The highest BCUT2D eigenvalue weighted by Gasteiger charge is 2.10. The summed E-state index contributed by atoms with van der Waals surface area (Å²) in [6.07, 6.45) is 4.44. The number of benzene rings is 1. The molecule has 1 aromatic carbocycles. The molecule has 0 saturated carbocycles. The van der Waals surface area contributed by atoms with Crippen molar-refractivity contribution in [2.75, 3.05) is 16.4 Å². The van der Waals surface area contributed by atoms with Gasteiger partial charge in [-0.3, -0.25) is 14.9 Å². The van der Waals surface area contributed by atoms with Gasteiger partial charge in [-0.2, -0.15) is 0 Å². The van der Waals surface area contributed by atoms with E-state index in [4.69, 9.17) is 4.42 Å². The minimum atomic E-state index is -0.336.